The van der Waals surface area contributed by atoms with Gasteiger partial charge in [0.15, 0.2) is 0 Å². The Kier molecular flexibility index (Phi) is 4.25. The summed E-state index contributed by atoms with van der Waals surface area (Å²) in [5, 5.41) is 2.99. The smallest absolute Gasteiger partial charge is 0.265 e. The normalized spacial score (nSPS) is 21.3. The highest BCUT2D eigenvalue weighted by Crippen LogP contribution is 2.40. The second-order valence-corrected chi connectivity index (χ2v) is 8.71. The molecule has 0 bridgehead atoms. The molecule has 1 aliphatic carbocycles. The maximum absolute atomic E-state index is 12.7. The summed E-state index contributed by atoms with van der Waals surface area (Å²) in [6.07, 6.45) is 4.10. The van der Waals surface area contributed by atoms with E-state index in [0.29, 0.717) is 24.0 Å². The second kappa shape index (κ2) is 6.77. The molecule has 1 atom stereocenters. The molecule has 5 rings (SSSR count). The van der Waals surface area contributed by atoms with E-state index in [-0.39, 0.29) is 17.9 Å². The molecule has 0 radical (unpaired) electrons. The molecule has 140 valence electrons. The fourth-order valence-corrected chi connectivity index (χ4v) is 5.04. The van der Waals surface area contributed by atoms with Gasteiger partial charge < -0.3 is 15.0 Å². The molecule has 3 aliphatic rings. The standard InChI is InChI=1S/C21H22N2O3S/c24-20(22-16-6-5-14-11-26-12-15(14)10-16)19-8-7-18(27-19)17-2-1-9-23(17)21(25)13-3-4-13/h5-8,10,13,17H,1-4,9,11-12H2,(H,22,24). The number of nitrogens with zero attached hydrogens (tertiary/aromatic N) is 1. The van der Waals surface area contributed by atoms with Crippen molar-refractivity contribution in [3.05, 3.63) is 51.2 Å². The van der Waals surface area contributed by atoms with Gasteiger partial charge >= 0.3 is 0 Å². The van der Waals surface area contributed by atoms with Crippen LogP contribution in [0.3, 0.4) is 0 Å². The molecule has 1 unspecified atom stereocenters. The number of carbonyl (C=O) groups is 2. The number of anilines is 1. The van der Waals surface area contributed by atoms with Gasteiger partial charge in [0.05, 0.1) is 24.1 Å². The van der Waals surface area contributed by atoms with Crippen molar-refractivity contribution in [3.63, 3.8) is 0 Å². The van der Waals surface area contributed by atoms with Gasteiger partial charge in [0.1, 0.15) is 0 Å². The number of hydrogen-bond donors (Lipinski definition) is 1. The van der Waals surface area contributed by atoms with Gasteiger partial charge in [-0.1, -0.05) is 6.07 Å². The van der Waals surface area contributed by atoms with Crippen molar-refractivity contribution in [2.24, 2.45) is 5.92 Å². The first-order chi connectivity index (χ1) is 13.2. The SMILES string of the molecule is O=C(Nc1ccc2c(c1)COC2)c1ccc(C2CCCN2C(=O)C2CC2)s1. The third kappa shape index (κ3) is 3.28. The fourth-order valence-electron chi connectivity index (χ4n) is 3.99. The minimum absolute atomic E-state index is 0.0943. The van der Waals surface area contributed by atoms with Gasteiger partial charge in [-0.25, -0.2) is 0 Å². The third-order valence-corrected chi connectivity index (χ3v) is 6.81. The number of benzene rings is 1. The van der Waals surface area contributed by atoms with Crippen LogP contribution in [0.2, 0.25) is 0 Å². The van der Waals surface area contributed by atoms with E-state index in [1.807, 2.05) is 35.2 Å². The zero-order chi connectivity index (χ0) is 18.4. The molecule has 0 spiro atoms. The average Bonchev–Trinajstić information content (AvgIpc) is 3.08. The van der Waals surface area contributed by atoms with Crippen LogP contribution in [-0.4, -0.2) is 23.3 Å². The van der Waals surface area contributed by atoms with Crippen molar-refractivity contribution >= 4 is 28.8 Å². The lowest BCUT2D eigenvalue weighted by Gasteiger charge is -2.23. The first-order valence-electron chi connectivity index (χ1n) is 9.60. The van der Waals surface area contributed by atoms with E-state index in [2.05, 4.69) is 5.32 Å². The van der Waals surface area contributed by atoms with Crippen LogP contribution in [0.25, 0.3) is 0 Å². The Morgan fingerprint density at radius 3 is 2.78 bits per heavy atom. The molecule has 1 saturated heterocycles. The minimum Gasteiger partial charge on any atom is -0.372 e. The van der Waals surface area contributed by atoms with Crippen molar-refractivity contribution in [3.8, 4) is 0 Å². The summed E-state index contributed by atoms with van der Waals surface area (Å²) in [6, 6.07) is 9.96. The molecule has 27 heavy (non-hydrogen) atoms. The van der Waals surface area contributed by atoms with Crippen LogP contribution in [0.4, 0.5) is 5.69 Å². The number of likely N-dealkylation sites (tertiary alicyclic amines) is 1. The Hall–Kier alpha value is -2.18. The lowest BCUT2D eigenvalue weighted by molar-refractivity contribution is -0.133. The van der Waals surface area contributed by atoms with E-state index in [9.17, 15) is 9.59 Å². The summed E-state index contributed by atoms with van der Waals surface area (Å²) >= 11 is 1.51. The molecular weight excluding hydrogens is 360 g/mol. The quantitative estimate of drug-likeness (QED) is 0.866. The van der Waals surface area contributed by atoms with Gasteiger partial charge in [-0.15, -0.1) is 11.3 Å². The number of rotatable bonds is 4. The van der Waals surface area contributed by atoms with E-state index in [0.717, 1.165) is 48.4 Å². The zero-order valence-corrected chi connectivity index (χ0v) is 15.9. The number of amides is 2. The summed E-state index contributed by atoms with van der Waals surface area (Å²) in [4.78, 5) is 29.0. The monoisotopic (exact) mass is 382 g/mol. The van der Waals surface area contributed by atoms with E-state index in [4.69, 9.17) is 4.74 Å². The van der Waals surface area contributed by atoms with Crippen LogP contribution in [0.15, 0.2) is 30.3 Å². The lowest BCUT2D eigenvalue weighted by Crippen LogP contribution is -2.31. The number of hydrogen-bond acceptors (Lipinski definition) is 4. The topological polar surface area (TPSA) is 58.6 Å². The molecule has 2 fully saturated rings. The van der Waals surface area contributed by atoms with Crippen LogP contribution >= 0.6 is 11.3 Å². The van der Waals surface area contributed by atoms with Crippen LogP contribution in [0.1, 0.15) is 57.4 Å². The fraction of sp³-hybridized carbons (Fsp3) is 0.429. The second-order valence-electron chi connectivity index (χ2n) is 7.60. The Morgan fingerprint density at radius 1 is 1.07 bits per heavy atom. The summed E-state index contributed by atoms with van der Waals surface area (Å²) in [7, 11) is 0. The first-order valence-corrected chi connectivity index (χ1v) is 10.4. The first kappa shape index (κ1) is 17.0. The minimum atomic E-state index is -0.0943. The highest BCUT2D eigenvalue weighted by molar-refractivity contribution is 7.14. The van der Waals surface area contributed by atoms with Crippen molar-refractivity contribution in [2.45, 2.75) is 44.9 Å². The molecule has 1 N–H and O–H groups in total. The van der Waals surface area contributed by atoms with Gasteiger partial charge in [-0.3, -0.25) is 9.59 Å². The maximum Gasteiger partial charge on any atom is 0.265 e. The van der Waals surface area contributed by atoms with Gasteiger partial charge in [-0.05, 0) is 61.1 Å². The lowest BCUT2D eigenvalue weighted by atomic mass is 10.1. The number of fused-ring (bicyclic) bond motifs is 1. The van der Waals surface area contributed by atoms with E-state index < -0.39 is 0 Å². The van der Waals surface area contributed by atoms with E-state index >= 15 is 0 Å². The maximum atomic E-state index is 12.7. The van der Waals surface area contributed by atoms with Gasteiger partial charge in [0.2, 0.25) is 5.91 Å². The molecular formula is C21H22N2O3S. The number of nitrogens with one attached hydrogen (secondary N) is 1. The van der Waals surface area contributed by atoms with Gasteiger partial charge in [0.25, 0.3) is 5.91 Å². The molecule has 1 saturated carbocycles. The summed E-state index contributed by atoms with van der Waals surface area (Å²) in [6.45, 7) is 2.10. The highest BCUT2D eigenvalue weighted by atomic mass is 32.1. The van der Waals surface area contributed by atoms with Crippen LogP contribution in [0.5, 0.6) is 0 Å². The Bertz CT molecular complexity index is 903. The Morgan fingerprint density at radius 2 is 1.93 bits per heavy atom. The highest BCUT2D eigenvalue weighted by Gasteiger charge is 2.39. The number of carbonyl (C=O) groups excluding carboxylic acids is 2. The van der Waals surface area contributed by atoms with Gasteiger partial charge in [0, 0.05) is 23.0 Å². The van der Waals surface area contributed by atoms with Crippen LogP contribution in [0, 0.1) is 5.92 Å². The molecule has 5 nitrogen and oxygen atoms in total. The Balaban J connectivity index is 1.29. The summed E-state index contributed by atoms with van der Waals surface area (Å²) in [5.41, 5.74) is 3.12. The Labute approximate surface area is 162 Å². The summed E-state index contributed by atoms with van der Waals surface area (Å²) < 4.78 is 5.43. The number of thiophene rings is 1. The van der Waals surface area contributed by atoms with Crippen molar-refractivity contribution in [2.75, 3.05) is 11.9 Å². The van der Waals surface area contributed by atoms with Crippen LogP contribution < -0.4 is 5.32 Å². The molecule has 2 amide bonds. The summed E-state index contributed by atoms with van der Waals surface area (Å²) in [5.74, 6) is 0.456. The molecule has 3 heterocycles. The molecule has 2 aromatic rings. The van der Waals surface area contributed by atoms with E-state index in [1.165, 1.54) is 16.9 Å². The third-order valence-electron chi connectivity index (χ3n) is 5.62. The van der Waals surface area contributed by atoms with Crippen molar-refractivity contribution in [1.29, 1.82) is 0 Å². The zero-order valence-electron chi connectivity index (χ0n) is 15.1. The predicted molar refractivity (Wildman–Crippen MR) is 104 cm³/mol. The van der Waals surface area contributed by atoms with Gasteiger partial charge in [-0.2, -0.15) is 0 Å². The van der Waals surface area contributed by atoms with Crippen LogP contribution in [-0.2, 0) is 22.7 Å². The average molecular weight is 382 g/mol. The molecule has 2 aliphatic heterocycles. The number of ether oxygens (including phenoxy) is 1. The molecule has 1 aromatic heterocycles. The molecule has 1 aromatic carbocycles. The van der Waals surface area contributed by atoms with Crippen molar-refractivity contribution in [1.82, 2.24) is 4.90 Å². The predicted octanol–water partition coefficient (Wildman–Crippen LogP) is 4.10. The largest absolute Gasteiger partial charge is 0.372 e. The van der Waals surface area contributed by atoms with Crippen molar-refractivity contribution < 1.29 is 14.3 Å². The van der Waals surface area contributed by atoms with E-state index in [1.54, 1.807) is 0 Å². The molecule has 6 heteroatoms.